The highest BCUT2D eigenvalue weighted by atomic mass is 32.2. The van der Waals surface area contributed by atoms with E-state index in [0.717, 1.165) is 0 Å². The van der Waals surface area contributed by atoms with Gasteiger partial charge in [0.15, 0.2) is 9.84 Å². The number of hydrogen-bond acceptors (Lipinski definition) is 5. The molecule has 0 spiro atoms. The molecule has 0 fully saturated rings. The van der Waals surface area contributed by atoms with Crippen molar-refractivity contribution >= 4 is 21.2 Å². The third-order valence-corrected chi connectivity index (χ3v) is 4.45. The fourth-order valence-corrected chi connectivity index (χ4v) is 3.04. The van der Waals surface area contributed by atoms with Gasteiger partial charge in [0.1, 0.15) is 0 Å². The van der Waals surface area contributed by atoms with Crippen LogP contribution in [0.15, 0.2) is 53.4 Å². The van der Waals surface area contributed by atoms with Crippen LogP contribution in [0.4, 0.5) is 11.4 Å². The summed E-state index contributed by atoms with van der Waals surface area (Å²) in [7, 11) is -3.53. The Morgan fingerprint density at radius 2 is 1.55 bits per heavy atom. The van der Waals surface area contributed by atoms with Crippen molar-refractivity contribution in [3.8, 4) is 0 Å². The first-order valence-electron chi connectivity index (χ1n) is 5.70. The largest absolute Gasteiger partial charge is 0.399 e. The number of benzene rings is 2. The minimum Gasteiger partial charge on any atom is -0.399 e. The molecule has 0 saturated heterocycles. The molecule has 2 rings (SSSR count). The summed E-state index contributed by atoms with van der Waals surface area (Å²) in [6, 6.07) is 11.4. The van der Waals surface area contributed by atoms with E-state index in [1.807, 2.05) is 0 Å². The molecule has 0 aromatic heterocycles. The first-order valence-corrected chi connectivity index (χ1v) is 7.35. The van der Waals surface area contributed by atoms with Gasteiger partial charge in [-0.25, -0.2) is 8.42 Å². The monoisotopic (exact) mass is 292 g/mol. The van der Waals surface area contributed by atoms with Crippen LogP contribution >= 0.6 is 0 Å². The number of rotatable bonds is 4. The topological polar surface area (TPSA) is 103 Å². The quantitative estimate of drug-likeness (QED) is 0.528. The first kappa shape index (κ1) is 14.0. The maximum atomic E-state index is 12.2. The van der Waals surface area contributed by atoms with Gasteiger partial charge in [0.25, 0.3) is 5.69 Å². The summed E-state index contributed by atoms with van der Waals surface area (Å²) in [6.07, 6.45) is 0. The van der Waals surface area contributed by atoms with E-state index in [1.165, 1.54) is 24.3 Å². The van der Waals surface area contributed by atoms with E-state index < -0.39 is 14.8 Å². The molecule has 7 heteroatoms. The number of nitro benzene ring substituents is 1. The average Bonchev–Trinajstić information content (AvgIpc) is 2.41. The fourth-order valence-electron chi connectivity index (χ4n) is 1.69. The zero-order valence-corrected chi connectivity index (χ0v) is 11.2. The summed E-state index contributed by atoms with van der Waals surface area (Å²) < 4.78 is 24.3. The van der Waals surface area contributed by atoms with Crippen molar-refractivity contribution in [2.45, 2.75) is 10.6 Å². The Balaban J connectivity index is 2.26. The van der Waals surface area contributed by atoms with Gasteiger partial charge < -0.3 is 5.73 Å². The number of nitrogen functional groups attached to an aromatic ring is 1. The fraction of sp³-hybridized carbons (Fsp3) is 0.0769. The van der Waals surface area contributed by atoms with Gasteiger partial charge in [0.05, 0.1) is 15.6 Å². The standard InChI is InChI=1S/C13H12N2O4S/c14-11-3-1-10(2-4-11)9-20(18,19)13-7-5-12(6-8-13)15(16)17/h1-8H,9,14H2. The molecule has 104 valence electrons. The van der Waals surface area contributed by atoms with Crippen molar-refractivity contribution in [2.75, 3.05) is 5.73 Å². The number of nitrogens with two attached hydrogens (primary N) is 1. The second-order valence-corrected chi connectivity index (χ2v) is 6.24. The third-order valence-electron chi connectivity index (χ3n) is 2.74. The number of hydrogen-bond donors (Lipinski definition) is 1. The molecule has 0 unspecified atom stereocenters. The van der Waals surface area contributed by atoms with E-state index in [1.54, 1.807) is 24.3 Å². The molecule has 0 aliphatic carbocycles. The van der Waals surface area contributed by atoms with Gasteiger partial charge in [0, 0.05) is 17.8 Å². The molecule has 2 aromatic rings. The normalized spacial score (nSPS) is 11.2. The number of sulfone groups is 1. The van der Waals surface area contributed by atoms with Crippen LogP contribution < -0.4 is 5.73 Å². The van der Waals surface area contributed by atoms with Crippen LogP contribution in [0.2, 0.25) is 0 Å². The minimum atomic E-state index is -3.53. The molecular weight excluding hydrogens is 280 g/mol. The maximum Gasteiger partial charge on any atom is 0.269 e. The van der Waals surface area contributed by atoms with Crippen molar-refractivity contribution in [2.24, 2.45) is 0 Å². The van der Waals surface area contributed by atoms with E-state index >= 15 is 0 Å². The molecule has 2 aromatic carbocycles. The number of non-ortho nitro benzene ring substituents is 1. The molecular formula is C13H12N2O4S. The van der Waals surface area contributed by atoms with Gasteiger partial charge in [-0.3, -0.25) is 10.1 Å². The van der Waals surface area contributed by atoms with Crippen LogP contribution in [0, 0.1) is 10.1 Å². The smallest absolute Gasteiger partial charge is 0.269 e. The zero-order chi connectivity index (χ0) is 14.8. The molecule has 0 radical (unpaired) electrons. The molecule has 0 atom stereocenters. The molecule has 0 heterocycles. The molecule has 20 heavy (non-hydrogen) atoms. The molecule has 0 saturated carbocycles. The maximum absolute atomic E-state index is 12.2. The average molecular weight is 292 g/mol. The summed E-state index contributed by atoms with van der Waals surface area (Å²) >= 11 is 0. The highest BCUT2D eigenvalue weighted by molar-refractivity contribution is 7.90. The van der Waals surface area contributed by atoms with E-state index in [2.05, 4.69) is 0 Å². The lowest BCUT2D eigenvalue weighted by Crippen LogP contribution is -2.05. The number of nitrogens with zero attached hydrogens (tertiary/aromatic N) is 1. The van der Waals surface area contributed by atoms with Crippen LogP contribution in [0.3, 0.4) is 0 Å². The van der Waals surface area contributed by atoms with Crippen LogP contribution in [0.25, 0.3) is 0 Å². The van der Waals surface area contributed by atoms with Crippen molar-refractivity contribution in [1.29, 1.82) is 0 Å². The van der Waals surface area contributed by atoms with Gasteiger partial charge in [0.2, 0.25) is 0 Å². The molecule has 0 aliphatic heterocycles. The SMILES string of the molecule is Nc1ccc(CS(=O)(=O)c2ccc([N+](=O)[O-])cc2)cc1. The van der Waals surface area contributed by atoms with Crippen molar-refractivity contribution < 1.29 is 13.3 Å². The molecule has 6 nitrogen and oxygen atoms in total. The summed E-state index contributed by atoms with van der Waals surface area (Å²) in [5.74, 6) is -0.176. The lowest BCUT2D eigenvalue weighted by Gasteiger charge is -2.05. The summed E-state index contributed by atoms with van der Waals surface area (Å²) in [5.41, 5.74) is 6.56. The van der Waals surface area contributed by atoms with Gasteiger partial charge in [-0.05, 0) is 29.8 Å². The summed E-state index contributed by atoms with van der Waals surface area (Å²) in [6.45, 7) is 0. The van der Waals surface area contributed by atoms with Gasteiger partial charge >= 0.3 is 0 Å². The second-order valence-electron chi connectivity index (χ2n) is 4.25. The van der Waals surface area contributed by atoms with Gasteiger partial charge in [-0.15, -0.1) is 0 Å². The lowest BCUT2D eigenvalue weighted by atomic mass is 10.2. The lowest BCUT2D eigenvalue weighted by molar-refractivity contribution is -0.384. The molecule has 2 N–H and O–H groups in total. The van der Waals surface area contributed by atoms with Gasteiger partial charge in [-0.2, -0.15) is 0 Å². The summed E-state index contributed by atoms with van der Waals surface area (Å²) in [4.78, 5) is 10.0. The van der Waals surface area contributed by atoms with E-state index in [-0.39, 0.29) is 16.3 Å². The Labute approximate surface area is 115 Å². The molecule has 0 bridgehead atoms. The first-order chi connectivity index (χ1) is 9.38. The number of anilines is 1. The third kappa shape index (κ3) is 3.12. The Kier molecular flexibility index (Phi) is 3.71. The zero-order valence-electron chi connectivity index (χ0n) is 10.4. The van der Waals surface area contributed by atoms with Crippen LogP contribution in [0.1, 0.15) is 5.56 Å². The van der Waals surface area contributed by atoms with E-state index in [0.29, 0.717) is 11.3 Å². The molecule has 0 aliphatic rings. The predicted molar refractivity (Wildman–Crippen MR) is 74.8 cm³/mol. The van der Waals surface area contributed by atoms with Crippen LogP contribution in [0.5, 0.6) is 0 Å². The van der Waals surface area contributed by atoms with Gasteiger partial charge in [-0.1, -0.05) is 12.1 Å². The Hall–Kier alpha value is -2.41. The van der Waals surface area contributed by atoms with Crippen molar-refractivity contribution in [3.05, 3.63) is 64.2 Å². The Morgan fingerprint density at radius 1 is 1.00 bits per heavy atom. The van der Waals surface area contributed by atoms with Crippen molar-refractivity contribution in [3.63, 3.8) is 0 Å². The summed E-state index contributed by atoms with van der Waals surface area (Å²) in [5, 5.41) is 10.5. The Bertz CT molecular complexity index is 722. The van der Waals surface area contributed by atoms with E-state index in [9.17, 15) is 18.5 Å². The van der Waals surface area contributed by atoms with Crippen molar-refractivity contribution in [1.82, 2.24) is 0 Å². The number of nitro groups is 1. The second kappa shape index (κ2) is 5.30. The van der Waals surface area contributed by atoms with Crippen LogP contribution in [-0.2, 0) is 15.6 Å². The highest BCUT2D eigenvalue weighted by Gasteiger charge is 2.16. The van der Waals surface area contributed by atoms with Crippen LogP contribution in [-0.4, -0.2) is 13.3 Å². The minimum absolute atomic E-state index is 0.0555. The van der Waals surface area contributed by atoms with E-state index in [4.69, 9.17) is 5.73 Å². The Morgan fingerprint density at radius 3 is 2.05 bits per heavy atom. The molecule has 0 amide bonds. The highest BCUT2D eigenvalue weighted by Crippen LogP contribution is 2.20. The predicted octanol–water partition coefficient (Wildman–Crippen LogP) is 2.15.